The maximum Gasteiger partial charge on any atom is 0.220 e. The predicted molar refractivity (Wildman–Crippen MR) is 326 cm³/mol. The number of ether oxygens (including phenoxy) is 8. The van der Waals surface area contributed by atoms with Gasteiger partial charge in [-0.05, 0) is 19.3 Å². The number of nitrogens with one attached hydrogen (secondary N) is 2. The molecule has 89 heavy (non-hydrogen) atoms. The van der Waals surface area contributed by atoms with Crippen LogP contribution in [0.2, 0.25) is 0 Å². The van der Waals surface area contributed by atoms with Gasteiger partial charge in [0.05, 0.1) is 45.2 Å². The van der Waals surface area contributed by atoms with Crippen LogP contribution in [-0.2, 0) is 47.5 Å². The molecule has 25 heteroatoms. The number of allylic oxidation sites excluding steroid dienone is 1. The van der Waals surface area contributed by atoms with Crippen LogP contribution in [-0.4, -0.2) is 246 Å². The van der Waals surface area contributed by atoms with Gasteiger partial charge in [-0.25, -0.2) is 0 Å². The number of aliphatic hydroxyl groups excluding tert-OH is 13. The maximum atomic E-state index is 13.4. The molecule has 22 unspecified atom stereocenters. The zero-order chi connectivity index (χ0) is 65.1. The first-order chi connectivity index (χ1) is 43.0. The summed E-state index contributed by atoms with van der Waals surface area (Å²) in [6.07, 6.45) is 2.86. The molecule has 522 valence electrons. The van der Waals surface area contributed by atoms with E-state index in [1.165, 1.54) is 128 Å². The van der Waals surface area contributed by atoms with Crippen LogP contribution in [0.3, 0.4) is 0 Å². The lowest BCUT2D eigenvalue weighted by atomic mass is 9.94. The third-order valence-electron chi connectivity index (χ3n) is 17.6. The number of rotatable bonds is 47. The van der Waals surface area contributed by atoms with Gasteiger partial charge in [0.25, 0.3) is 0 Å². The van der Waals surface area contributed by atoms with E-state index >= 15 is 0 Å². The lowest BCUT2D eigenvalue weighted by Crippen LogP contribution is -2.70. The molecule has 15 N–H and O–H groups in total. The van der Waals surface area contributed by atoms with Crippen molar-refractivity contribution in [3.63, 3.8) is 0 Å². The summed E-state index contributed by atoms with van der Waals surface area (Å²) in [6.45, 7) is 1.61. The van der Waals surface area contributed by atoms with Gasteiger partial charge in [0.1, 0.15) is 97.6 Å². The van der Waals surface area contributed by atoms with E-state index in [1.807, 2.05) is 6.08 Å². The number of amides is 2. The van der Waals surface area contributed by atoms with Gasteiger partial charge in [-0.3, -0.25) is 9.59 Å². The van der Waals surface area contributed by atoms with Crippen molar-refractivity contribution in [3.05, 3.63) is 12.2 Å². The topological polar surface area (TPSA) is 395 Å². The fourth-order valence-electron chi connectivity index (χ4n) is 12.1. The molecule has 0 bridgehead atoms. The van der Waals surface area contributed by atoms with Crippen molar-refractivity contribution in [2.24, 2.45) is 0 Å². The van der Waals surface area contributed by atoms with E-state index in [9.17, 15) is 76.0 Å². The van der Waals surface area contributed by atoms with Crippen molar-refractivity contribution in [2.45, 2.75) is 348 Å². The Morgan fingerprint density at radius 2 is 0.809 bits per heavy atom. The summed E-state index contributed by atoms with van der Waals surface area (Å²) >= 11 is 0. The highest BCUT2D eigenvalue weighted by Crippen LogP contribution is 2.35. The smallest absolute Gasteiger partial charge is 0.220 e. The largest absolute Gasteiger partial charge is 0.394 e. The average molecular weight is 1280 g/mol. The highest BCUT2D eigenvalue weighted by atomic mass is 16.8. The van der Waals surface area contributed by atoms with Crippen molar-refractivity contribution >= 4 is 11.8 Å². The van der Waals surface area contributed by atoms with Gasteiger partial charge in [-0.1, -0.05) is 193 Å². The maximum absolute atomic E-state index is 13.4. The van der Waals surface area contributed by atoms with Crippen LogP contribution in [0.4, 0.5) is 0 Å². The fraction of sp³-hybridized carbons (Fsp3) is 0.938. The second-order valence-electron chi connectivity index (χ2n) is 25.0. The molecule has 25 nitrogen and oxygen atoms in total. The summed E-state index contributed by atoms with van der Waals surface area (Å²) in [6, 6.07) is -2.62. The minimum Gasteiger partial charge on any atom is -0.394 e. The third-order valence-corrected chi connectivity index (χ3v) is 17.6. The molecule has 4 heterocycles. The van der Waals surface area contributed by atoms with Gasteiger partial charge < -0.3 is 115 Å². The Kier molecular flexibility index (Phi) is 40.3. The minimum atomic E-state index is -2.10. The van der Waals surface area contributed by atoms with E-state index < -0.39 is 174 Å². The molecule has 0 saturated carbocycles. The molecule has 4 saturated heterocycles. The van der Waals surface area contributed by atoms with Gasteiger partial charge in [0, 0.05) is 13.3 Å². The van der Waals surface area contributed by atoms with Crippen molar-refractivity contribution in [2.75, 3.05) is 33.0 Å². The van der Waals surface area contributed by atoms with E-state index in [0.717, 1.165) is 51.9 Å². The summed E-state index contributed by atoms with van der Waals surface area (Å²) in [5.74, 6) is -1.06. The predicted octanol–water partition coefficient (Wildman–Crippen LogP) is 2.56. The van der Waals surface area contributed by atoms with Crippen LogP contribution in [0.25, 0.3) is 0 Å². The molecule has 22 atom stereocenters. The zero-order valence-electron chi connectivity index (χ0n) is 53.5. The Balaban J connectivity index is 1.34. The van der Waals surface area contributed by atoms with E-state index in [0.29, 0.717) is 12.8 Å². The Bertz CT molecular complexity index is 1860. The van der Waals surface area contributed by atoms with Crippen molar-refractivity contribution in [1.29, 1.82) is 0 Å². The van der Waals surface area contributed by atoms with Crippen LogP contribution < -0.4 is 10.6 Å². The standard InChI is InChI=1S/C64H118N2O23/c1-4-6-8-10-12-14-16-18-19-20-21-23-25-27-29-31-33-35-48(73)66-42(43(72)34-32-30-28-26-24-22-17-15-13-11-9-7-5-2)40-82-62-56(80)53(77)59(46(38-69)85-62)88-64-57(81)54(78)58(47(39-70)86-64)87-61-49(65-41(3)71)60(51(75)45(37-68)83-61)89-63-55(79)52(76)50(74)44(36-67)84-63/h32,34,42-47,49-64,67-70,72,74-81H,4-31,33,35-40H2,1-3H3,(H,65,71)(H,66,73). The molecule has 0 aromatic carbocycles. The highest BCUT2D eigenvalue weighted by molar-refractivity contribution is 5.76. The number of hydrogen-bond acceptors (Lipinski definition) is 23. The van der Waals surface area contributed by atoms with E-state index in [2.05, 4.69) is 24.5 Å². The Morgan fingerprint density at radius 3 is 1.27 bits per heavy atom. The molecule has 0 aliphatic carbocycles. The Morgan fingerprint density at radius 1 is 0.438 bits per heavy atom. The molecule has 4 fully saturated rings. The molecule has 0 aromatic heterocycles. The molecular formula is C64H118N2O23. The SMILES string of the molecule is CCCCCCCCCCCCCC=CC(O)C(COC1OC(CO)C(OC2OC(CO)C(OC3OC(CO)C(O)C(OC4OC(CO)C(O)C(O)C4O)C3NC(C)=O)C(O)C2O)C(O)C1O)NC(=O)CCCCCCCCCCCCCCCCCCC. The second-order valence-corrected chi connectivity index (χ2v) is 25.0. The quantitative estimate of drug-likeness (QED) is 0.0307. The molecule has 0 spiro atoms. The molecule has 2 amide bonds. The lowest BCUT2D eigenvalue weighted by Gasteiger charge is -2.50. The van der Waals surface area contributed by atoms with Gasteiger partial charge in [-0.15, -0.1) is 0 Å². The van der Waals surface area contributed by atoms with Crippen LogP contribution >= 0.6 is 0 Å². The van der Waals surface area contributed by atoms with E-state index in [1.54, 1.807) is 6.08 Å². The van der Waals surface area contributed by atoms with Gasteiger partial charge in [-0.2, -0.15) is 0 Å². The van der Waals surface area contributed by atoms with Crippen molar-refractivity contribution < 1.29 is 114 Å². The van der Waals surface area contributed by atoms with Crippen LogP contribution in [0.1, 0.15) is 213 Å². The Labute approximate surface area is 528 Å². The number of unbranched alkanes of at least 4 members (excludes halogenated alkanes) is 27. The number of carbonyl (C=O) groups is 2. The van der Waals surface area contributed by atoms with Gasteiger partial charge in [0.15, 0.2) is 25.2 Å². The number of carbonyl (C=O) groups excluding carboxylic acids is 2. The molecular weight excluding hydrogens is 1160 g/mol. The molecule has 4 rings (SSSR count). The second kappa shape index (κ2) is 45.3. The van der Waals surface area contributed by atoms with Crippen molar-refractivity contribution in [3.8, 4) is 0 Å². The normalized spacial score (nSPS) is 33.3. The summed E-state index contributed by atoms with van der Waals surface area (Å²) < 4.78 is 46.7. The minimum absolute atomic E-state index is 0.217. The number of aliphatic hydroxyl groups is 13. The van der Waals surface area contributed by atoms with Crippen molar-refractivity contribution in [1.82, 2.24) is 10.6 Å². The summed E-state index contributed by atoms with van der Waals surface area (Å²) in [5.41, 5.74) is 0. The summed E-state index contributed by atoms with van der Waals surface area (Å²) in [5, 5.41) is 147. The first kappa shape index (κ1) is 79.3. The number of hydrogen-bond donors (Lipinski definition) is 15. The van der Waals surface area contributed by atoms with E-state index in [4.69, 9.17) is 37.9 Å². The molecule has 0 aromatic rings. The monoisotopic (exact) mass is 1280 g/mol. The van der Waals surface area contributed by atoms with Gasteiger partial charge in [0.2, 0.25) is 11.8 Å². The van der Waals surface area contributed by atoms with Crippen LogP contribution in [0.15, 0.2) is 12.2 Å². The third kappa shape index (κ3) is 27.2. The lowest BCUT2D eigenvalue weighted by molar-refractivity contribution is -0.380. The highest BCUT2D eigenvalue weighted by Gasteiger charge is 2.56. The molecule has 4 aliphatic rings. The summed E-state index contributed by atoms with van der Waals surface area (Å²) in [4.78, 5) is 26.0. The molecule has 4 aliphatic heterocycles. The van der Waals surface area contributed by atoms with Gasteiger partial charge >= 0.3 is 0 Å². The molecule has 0 radical (unpaired) electrons. The first-order valence-corrected chi connectivity index (χ1v) is 33.9. The van der Waals surface area contributed by atoms with E-state index in [-0.39, 0.29) is 12.3 Å². The van der Waals surface area contributed by atoms with Crippen LogP contribution in [0, 0.1) is 0 Å². The fourth-order valence-corrected chi connectivity index (χ4v) is 12.1. The van der Waals surface area contributed by atoms with Crippen LogP contribution in [0.5, 0.6) is 0 Å². The summed E-state index contributed by atoms with van der Waals surface area (Å²) in [7, 11) is 0. The Hall–Kier alpha value is -2.16. The zero-order valence-corrected chi connectivity index (χ0v) is 53.5. The first-order valence-electron chi connectivity index (χ1n) is 33.9. The average Bonchev–Trinajstić information content (AvgIpc) is 0.957.